The van der Waals surface area contributed by atoms with Crippen LogP contribution in [0, 0.1) is 5.41 Å². The van der Waals surface area contributed by atoms with Crippen molar-refractivity contribution < 1.29 is 14.3 Å². The number of rotatable bonds is 7. The van der Waals surface area contributed by atoms with E-state index in [1.165, 1.54) is 0 Å². The van der Waals surface area contributed by atoms with Gasteiger partial charge in [0.15, 0.2) is 0 Å². The summed E-state index contributed by atoms with van der Waals surface area (Å²) in [6.07, 6.45) is 6.62. The fraction of sp³-hybridized carbons (Fsp3) is 0.632. The number of carbonyl (C=O) groups excluding carboxylic acids is 2. The highest BCUT2D eigenvalue weighted by molar-refractivity contribution is 5.90. The molecule has 1 aromatic heterocycles. The Morgan fingerprint density at radius 3 is 3.00 bits per heavy atom. The Morgan fingerprint density at radius 2 is 2.23 bits per heavy atom. The van der Waals surface area contributed by atoms with Gasteiger partial charge in [0.2, 0.25) is 11.8 Å². The second-order valence-corrected chi connectivity index (χ2v) is 7.23. The van der Waals surface area contributed by atoms with E-state index in [-0.39, 0.29) is 17.2 Å². The highest BCUT2D eigenvalue weighted by atomic mass is 16.5. The summed E-state index contributed by atoms with van der Waals surface area (Å²) in [6.45, 7) is 4.40. The lowest BCUT2D eigenvalue weighted by Gasteiger charge is -2.39. The highest BCUT2D eigenvalue weighted by Gasteiger charge is 2.47. The molecule has 2 fully saturated rings. The summed E-state index contributed by atoms with van der Waals surface area (Å²) in [6, 6.07) is 3.62. The van der Waals surface area contributed by atoms with Gasteiger partial charge < -0.3 is 19.9 Å². The van der Waals surface area contributed by atoms with E-state index in [1.807, 2.05) is 11.0 Å². The zero-order chi connectivity index (χ0) is 18.4. The number of hydrogen-bond acceptors (Lipinski definition) is 5. The van der Waals surface area contributed by atoms with E-state index < -0.39 is 0 Å². The first-order valence-electron chi connectivity index (χ1n) is 9.33. The predicted octanol–water partition coefficient (Wildman–Crippen LogP) is 1.37. The van der Waals surface area contributed by atoms with E-state index >= 15 is 0 Å². The van der Waals surface area contributed by atoms with E-state index in [2.05, 4.69) is 15.2 Å². The number of nitrogens with one attached hydrogen (secondary N) is 1. The number of aromatic nitrogens is 1. The second-order valence-electron chi connectivity index (χ2n) is 7.23. The average molecular weight is 360 g/mol. The molecular weight excluding hydrogens is 332 g/mol. The minimum Gasteiger partial charge on any atom is -0.383 e. The molecule has 0 radical (unpaired) electrons. The highest BCUT2D eigenvalue weighted by Crippen LogP contribution is 2.40. The zero-order valence-corrected chi connectivity index (χ0v) is 15.4. The van der Waals surface area contributed by atoms with Gasteiger partial charge in [-0.15, -0.1) is 0 Å². The van der Waals surface area contributed by atoms with E-state index in [0.717, 1.165) is 38.9 Å². The van der Waals surface area contributed by atoms with Crippen LogP contribution in [0.1, 0.15) is 25.7 Å². The van der Waals surface area contributed by atoms with Crippen LogP contribution in [-0.2, 0) is 14.3 Å². The Bertz CT molecular complexity index is 624. The van der Waals surface area contributed by atoms with Crippen molar-refractivity contribution in [3.05, 3.63) is 24.5 Å². The number of anilines is 1. The average Bonchev–Trinajstić information content (AvgIpc) is 3.06. The zero-order valence-electron chi connectivity index (χ0n) is 15.4. The molecule has 2 aliphatic rings. The van der Waals surface area contributed by atoms with Gasteiger partial charge in [-0.2, -0.15) is 0 Å². The molecule has 142 valence electrons. The monoisotopic (exact) mass is 360 g/mol. The molecule has 0 bridgehead atoms. The number of methoxy groups -OCH3 is 1. The number of amides is 2. The van der Waals surface area contributed by atoms with Crippen molar-refractivity contribution in [1.82, 2.24) is 14.8 Å². The molecule has 1 atom stereocenters. The van der Waals surface area contributed by atoms with Crippen LogP contribution in [0.25, 0.3) is 0 Å². The summed E-state index contributed by atoms with van der Waals surface area (Å²) < 4.78 is 5.13. The molecule has 1 spiro atoms. The molecule has 7 heteroatoms. The fourth-order valence-electron chi connectivity index (χ4n) is 4.01. The van der Waals surface area contributed by atoms with Crippen molar-refractivity contribution in [2.75, 3.05) is 51.8 Å². The van der Waals surface area contributed by atoms with Gasteiger partial charge in [0, 0.05) is 45.9 Å². The molecule has 1 aromatic rings. The molecule has 3 heterocycles. The van der Waals surface area contributed by atoms with Crippen LogP contribution in [0.15, 0.2) is 24.5 Å². The third-order valence-corrected chi connectivity index (χ3v) is 5.42. The largest absolute Gasteiger partial charge is 0.383 e. The predicted molar refractivity (Wildman–Crippen MR) is 98.7 cm³/mol. The normalized spacial score (nSPS) is 23.6. The number of likely N-dealkylation sites (tertiary alicyclic amines) is 2. The van der Waals surface area contributed by atoms with Crippen LogP contribution in [-0.4, -0.2) is 73.0 Å². The molecular formula is C19H28N4O3. The number of carbonyl (C=O) groups is 2. The van der Waals surface area contributed by atoms with Gasteiger partial charge in [-0.25, -0.2) is 0 Å². The first-order valence-corrected chi connectivity index (χ1v) is 9.33. The van der Waals surface area contributed by atoms with Crippen LogP contribution in [0.2, 0.25) is 0 Å². The molecule has 7 nitrogen and oxygen atoms in total. The maximum atomic E-state index is 12.9. The third kappa shape index (κ3) is 4.40. The van der Waals surface area contributed by atoms with Crippen molar-refractivity contribution in [3.8, 4) is 0 Å². The van der Waals surface area contributed by atoms with Gasteiger partial charge in [0.1, 0.15) is 0 Å². The lowest BCUT2D eigenvalue weighted by Crippen LogP contribution is -2.51. The molecule has 2 aliphatic heterocycles. The second kappa shape index (κ2) is 8.60. The van der Waals surface area contributed by atoms with Gasteiger partial charge in [0.25, 0.3) is 0 Å². The van der Waals surface area contributed by atoms with E-state index in [9.17, 15) is 9.59 Å². The van der Waals surface area contributed by atoms with E-state index in [1.54, 1.807) is 25.6 Å². The Labute approximate surface area is 154 Å². The third-order valence-electron chi connectivity index (χ3n) is 5.42. The maximum Gasteiger partial charge on any atom is 0.230 e. The standard InChI is InChI=1S/C19H28N4O3/c1-26-13-12-23-9-3-6-19(18(23)25)7-11-22(15-19)10-5-17(24)21-16-4-2-8-20-14-16/h2,4,8,14H,3,5-7,9-13,15H2,1H3,(H,21,24)/t19-/m0/s1. The Kier molecular flexibility index (Phi) is 6.21. The van der Waals surface area contributed by atoms with Crippen LogP contribution in [0.3, 0.4) is 0 Å². The van der Waals surface area contributed by atoms with Crippen LogP contribution in [0.5, 0.6) is 0 Å². The van der Waals surface area contributed by atoms with Crippen LogP contribution >= 0.6 is 0 Å². The SMILES string of the molecule is COCCN1CCC[C@@]2(CCN(CCC(=O)Nc3cccnc3)C2)C1=O. The van der Waals surface area contributed by atoms with Crippen LogP contribution in [0.4, 0.5) is 5.69 Å². The summed E-state index contributed by atoms with van der Waals surface area (Å²) >= 11 is 0. The number of piperidine rings is 1. The van der Waals surface area contributed by atoms with E-state index in [0.29, 0.717) is 31.8 Å². The molecule has 0 saturated carbocycles. The Hall–Kier alpha value is -1.99. The lowest BCUT2D eigenvalue weighted by molar-refractivity contribution is -0.146. The topological polar surface area (TPSA) is 74.8 Å². The van der Waals surface area contributed by atoms with Crippen molar-refractivity contribution in [1.29, 1.82) is 0 Å². The molecule has 26 heavy (non-hydrogen) atoms. The summed E-state index contributed by atoms with van der Waals surface area (Å²) in [5, 5.41) is 2.86. The number of ether oxygens (including phenoxy) is 1. The molecule has 0 unspecified atom stereocenters. The molecule has 1 N–H and O–H groups in total. The van der Waals surface area contributed by atoms with Gasteiger partial charge in [-0.05, 0) is 37.9 Å². The molecule has 0 aliphatic carbocycles. The van der Waals surface area contributed by atoms with Crippen molar-refractivity contribution >= 4 is 17.5 Å². The smallest absolute Gasteiger partial charge is 0.230 e. The van der Waals surface area contributed by atoms with Gasteiger partial charge in [0.05, 0.1) is 23.9 Å². The quantitative estimate of drug-likeness (QED) is 0.795. The molecule has 3 rings (SSSR count). The number of nitrogens with zero attached hydrogens (tertiary/aromatic N) is 3. The van der Waals surface area contributed by atoms with Gasteiger partial charge in [-0.3, -0.25) is 14.6 Å². The first-order chi connectivity index (χ1) is 12.6. The molecule has 2 saturated heterocycles. The summed E-state index contributed by atoms with van der Waals surface area (Å²) in [7, 11) is 1.66. The summed E-state index contributed by atoms with van der Waals surface area (Å²) in [5.41, 5.74) is 0.456. The molecule has 0 aromatic carbocycles. The minimum absolute atomic E-state index is 0.0179. The maximum absolute atomic E-state index is 12.9. The van der Waals surface area contributed by atoms with E-state index in [4.69, 9.17) is 4.74 Å². The summed E-state index contributed by atoms with van der Waals surface area (Å²) in [4.78, 5) is 33.2. The van der Waals surface area contributed by atoms with Crippen molar-refractivity contribution in [2.45, 2.75) is 25.7 Å². The van der Waals surface area contributed by atoms with Gasteiger partial charge >= 0.3 is 0 Å². The van der Waals surface area contributed by atoms with Gasteiger partial charge in [-0.1, -0.05) is 0 Å². The fourth-order valence-corrected chi connectivity index (χ4v) is 4.01. The Balaban J connectivity index is 1.48. The number of pyridine rings is 1. The Morgan fingerprint density at radius 1 is 1.35 bits per heavy atom. The lowest BCUT2D eigenvalue weighted by atomic mass is 9.78. The summed E-state index contributed by atoms with van der Waals surface area (Å²) in [5.74, 6) is 0.249. The minimum atomic E-state index is -0.258. The van der Waals surface area contributed by atoms with Crippen molar-refractivity contribution in [2.24, 2.45) is 5.41 Å². The van der Waals surface area contributed by atoms with Crippen molar-refractivity contribution in [3.63, 3.8) is 0 Å². The van der Waals surface area contributed by atoms with Crippen LogP contribution < -0.4 is 5.32 Å². The first kappa shape index (κ1) is 18.8. The number of hydrogen-bond donors (Lipinski definition) is 1. The molecule has 2 amide bonds.